The van der Waals surface area contributed by atoms with Gasteiger partial charge in [0.05, 0.1) is 21.8 Å². The first-order chi connectivity index (χ1) is 7.36. The largest absolute Gasteiger partial charge is 0.278 e. The number of nitrogens with zero attached hydrogens (tertiary/aromatic N) is 1. The molecule has 2 rings (SSSR count). The van der Waals surface area contributed by atoms with E-state index in [-0.39, 0.29) is 0 Å². The molecule has 0 saturated carbocycles. The summed E-state index contributed by atoms with van der Waals surface area (Å²) >= 11 is 7.48. The second-order valence-electron chi connectivity index (χ2n) is 2.87. The number of rotatable bonds is 3. The number of thiophene rings is 1. The molecule has 0 unspecified atom stereocenters. The van der Waals surface area contributed by atoms with Crippen LogP contribution in [0.3, 0.4) is 0 Å². The first kappa shape index (κ1) is 10.2. The molecule has 0 radical (unpaired) electrons. The van der Waals surface area contributed by atoms with Crippen molar-refractivity contribution in [3.05, 3.63) is 51.7 Å². The smallest absolute Gasteiger partial charge is 0.0659 e. The molecule has 0 aliphatic heterocycles. The normalized spacial score (nSPS) is 10.7. The Morgan fingerprint density at radius 1 is 1.20 bits per heavy atom. The Kier molecular flexibility index (Phi) is 3.37. The summed E-state index contributed by atoms with van der Waals surface area (Å²) in [7, 11) is 0. The lowest BCUT2D eigenvalue weighted by Crippen LogP contribution is -1.88. The van der Waals surface area contributed by atoms with Gasteiger partial charge in [-0.15, -0.1) is 11.3 Å². The quantitative estimate of drug-likeness (QED) is 0.635. The van der Waals surface area contributed by atoms with Crippen molar-refractivity contribution < 1.29 is 0 Å². The van der Waals surface area contributed by atoms with E-state index in [1.54, 1.807) is 17.6 Å². The van der Waals surface area contributed by atoms with E-state index in [1.165, 1.54) is 0 Å². The molecule has 4 heteroatoms. The minimum Gasteiger partial charge on any atom is -0.278 e. The Morgan fingerprint density at radius 3 is 2.67 bits per heavy atom. The van der Waals surface area contributed by atoms with E-state index in [4.69, 9.17) is 11.6 Å². The lowest BCUT2D eigenvalue weighted by atomic mass is 10.3. The fourth-order valence-electron chi connectivity index (χ4n) is 1.08. The molecule has 0 saturated heterocycles. The molecule has 2 aromatic rings. The average Bonchev–Trinajstić information content (AvgIpc) is 2.66. The summed E-state index contributed by atoms with van der Waals surface area (Å²) < 4.78 is 0. The Labute approximate surface area is 97.2 Å². The van der Waals surface area contributed by atoms with Crippen LogP contribution < -0.4 is 5.43 Å². The summed E-state index contributed by atoms with van der Waals surface area (Å²) in [6, 6.07) is 11.6. The molecule has 0 bridgehead atoms. The summed E-state index contributed by atoms with van der Waals surface area (Å²) in [4.78, 5) is 0.958. The van der Waals surface area contributed by atoms with Crippen molar-refractivity contribution in [2.24, 2.45) is 5.10 Å². The van der Waals surface area contributed by atoms with Gasteiger partial charge in [0.15, 0.2) is 0 Å². The van der Waals surface area contributed by atoms with Gasteiger partial charge in [-0.3, -0.25) is 5.43 Å². The van der Waals surface area contributed by atoms with Gasteiger partial charge in [0.25, 0.3) is 0 Å². The zero-order valence-electron chi connectivity index (χ0n) is 7.85. The lowest BCUT2D eigenvalue weighted by molar-refractivity contribution is 1.35. The highest BCUT2D eigenvalue weighted by atomic mass is 35.5. The number of hydrogen-bond donors (Lipinski definition) is 1. The molecule has 1 heterocycles. The highest BCUT2D eigenvalue weighted by Crippen LogP contribution is 2.19. The molecule has 15 heavy (non-hydrogen) atoms. The van der Waals surface area contributed by atoms with Crippen molar-refractivity contribution in [2.75, 3.05) is 5.43 Å². The average molecular weight is 237 g/mol. The van der Waals surface area contributed by atoms with Crippen molar-refractivity contribution in [1.29, 1.82) is 0 Å². The van der Waals surface area contributed by atoms with E-state index in [9.17, 15) is 0 Å². The minimum atomic E-state index is 0.735. The summed E-state index contributed by atoms with van der Waals surface area (Å²) in [5.74, 6) is 0. The van der Waals surface area contributed by atoms with E-state index < -0.39 is 0 Å². The van der Waals surface area contributed by atoms with Gasteiger partial charge in [0.2, 0.25) is 0 Å². The Morgan fingerprint density at radius 2 is 2.00 bits per heavy atom. The van der Waals surface area contributed by atoms with Crippen LogP contribution in [0.1, 0.15) is 4.88 Å². The molecule has 1 aromatic heterocycles. The van der Waals surface area contributed by atoms with E-state index in [0.29, 0.717) is 0 Å². The maximum atomic E-state index is 5.91. The first-order valence-electron chi connectivity index (χ1n) is 4.43. The van der Waals surface area contributed by atoms with Crippen LogP contribution in [0.5, 0.6) is 0 Å². The van der Waals surface area contributed by atoms with Gasteiger partial charge in [-0.2, -0.15) is 5.10 Å². The third-order valence-corrected chi connectivity index (χ3v) is 3.09. The van der Waals surface area contributed by atoms with Gasteiger partial charge in [-0.05, 0) is 23.6 Å². The maximum Gasteiger partial charge on any atom is 0.0659 e. The molecular formula is C11H9ClN2S. The zero-order chi connectivity index (χ0) is 10.5. The van der Waals surface area contributed by atoms with Crippen LogP contribution in [0.4, 0.5) is 5.69 Å². The molecule has 76 valence electrons. The molecule has 0 spiro atoms. The van der Waals surface area contributed by atoms with E-state index in [2.05, 4.69) is 10.5 Å². The third-order valence-electron chi connectivity index (χ3n) is 1.79. The van der Waals surface area contributed by atoms with Gasteiger partial charge < -0.3 is 0 Å². The minimum absolute atomic E-state index is 0.735. The highest BCUT2D eigenvalue weighted by Gasteiger charge is 1.96. The number of hydrogen-bond acceptors (Lipinski definition) is 3. The standard InChI is InChI=1S/C11H9ClN2S/c12-10-6-7-15-11(10)8-13-14-9-4-2-1-3-5-9/h1-8,14H. The number of hydrazone groups is 1. The monoisotopic (exact) mass is 236 g/mol. The SMILES string of the molecule is Clc1ccsc1C=NNc1ccccc1. The molecular weight excluding hydrogens is 228 g/mol. The van der Waals surface area contributed by atoms with Crippen LogP contribution in [0.25, 0.3) is 0 Å². The topological polar surface area (TPSA) is 24.4 Å². The summed E-state index contributed by atoms with van der Waals surface area (Å²) in [5, 5.41) is 6.77. The fourth-order valence-corrected chi connectivity index (χ4v) is 2.04. The summed E-state index contributed by atoms with van der Waals surface area (Å²) in [6.45, 7) is 0. The van der Waals surface area contributed by atoms with Gasteiger partial charge in [0.1, 0.15) is 0 Å². The van der Waals surface area contributed by atoms with E-state index in [0.717, 1.165) is 15.6 Å². The molecule has 1 aromatic carbocycles. The van der Waals surface area contributed by atoms with Gasteiger partial charge in [0, 0.05) is 0 Å². The number of nitrogens with one attached hydrogen (secondary N) is 1. The lowest BCUT2D eigenvalue weighted by Gasteiger charge is -1.97. The second-order valence-corrected chi connectivity index (χ2v) is 4.22. The molecule has 1 N–H and O–H groups in total. The highest BCUT2D eigenvalue weighted by molar-refractivity contribution is 7.12. The number of halogens is 1. The van der Waals surface area contributed by atoms with Crippen molar-refractivity contribution in [3.8, 4) is 0 Å². The van der Waals surface area contributed by atoms with E-state index >= 15 is 0 Å². The predicted molar refractivity (Wildman–Crippen MR) is 67.0 cm³/mol. The zero-order valence-corrected chi connectivity index (χ0v) is 9.42. The molecule has 0 fully saturated rings. The van der Waals surface area contributed by atoms with Crippen LogP contribution in [0, 0.1) is 0 Å². The van der Waals surface area contributed by atoms with Crippen molar-refractivity contribution in [2.45, 2.75) is 0 Å². The van der Waals surface area contributed by atoms with Crippen LogP contribution in [-0.2, 0) is 0 Å². The molecule has 0 aliphatic rings. The number of para-hydroxylation sites is 1. The molecule has 0 aliphatic carbocycles. The molecule has 0 atom stereocenters. The van der Waals surface area contributed by atoms with E-state index in [1.807, 2.05) is 41.8 Å². The van der Waals surface area contributed by atoms with Crippen molar-refractivity contribution in [1.82, 2.24) is 0 Å². The molecule has 2 nitrogen and oxygen atoms in total. The Balaban J connectivity index is 2.00. The van der Waals surface area contributed by atoms with Crippen molar-refractivity contribution in [3.63, 3.8) is 0 Å². The third kappa shape index (κ3) is 2.81. The summed E-state index contributed by atoms with van der Waals surface area (Å²) in [5.41, 5.74) is 3.89. The van der Waals surface area contributed by atoms with Crippen molar-refractivity contribution >= 4 is 34.8 Å². The first-order valence-corrected chi connectivity index (χ1v) is 5.69. The van der Waals surface area contributed by atoms with Crippen LogP contribution >= 0.6 is 22.9 Å². The van der Waals surface area contributed by atoms with Gasteiger partial charge in [-0.1, -0.05) is 29.8 Å². The van der Waals surface area contributed by atoms with Gasteiger partial charge in [-0.25, -0.2) is 0 Å². The predicted octanol–water partition coefficient (Wildman–Crippen LogP) is 3.85. The second kappa shape index (κ2) is 4.96. The van der Waals surface area contributed by atoms with Crippen LogP contribution in [-0.4, -0.2) is 6.21 Å². The Hall–Kier alpha value is -1.32. The maximum absolute atomic E-state index is 5.91. The molecule has 0 amide bonds. The number of anilines is 1. The fraction of sp³-hybridized carbons (Fsp3) is 0. The number of benzene rings is 1. The summed E-state index contributed by atoms with van der Waals surface area (Å²) in [6.07, 6.45) is 1.72. The van der Waals surface area contributed by atoms with Crippen LogP contribution in [0.15, 0.2) is 46.9 Å². The Bertz CT molecular complexity index is 451. The van der Waals surface area contributed by atoms with Crippen LogP contribution in [0.2, 0.25) is 5.02 Å². The van der Waals surface area contributed by atoms with Gasteiger partial charge >= 0.3 is 0 Å².